The average molecular weight is 340 g/mol. The van der Waals surface area contributed by atoms with Crippen LogP contribution in [-0.4, -0.2) is 51.7 Å². The van der Waals surface area contributed by atoms with Gasteiger partial charge in [0.05, 0.1) is 19.2 Å². The monoisotopic (exact) mass is 340 g/mol. The zero-order chi connectivity index (χ0) is 18.0. The van der Waals surface area contributed by atoms with E-state index < -0.39 is 5.97 Å². The second-order valence-electron chi connectivity index (χ2n) is 6.04. The van der Waals surface area contributed by atoms with Crippen LogP contribution in [-0.2, 0) is 13.1 Å². The molecule has 0 amide bonds. The Kier molecular flexibility index (Phi) is 4.67. The number of nitrogens with zero attached hydrogens (tertiary/aromatic N) is 4. The normalized spacial score (nSPS) is 11.2. The number of aromatic carboxylic acids is 1. The molecule has 1 N–H and O–H groups in total. The molecule has 1 aromatic carbocycles. The molecule has 0 saturated carbocycles. The van der Waals surface area contributed by atoms with Crippen molar-refractivity contribution in [3.05, 3.63) is 53.5 Å². The lowest BCUT2D eigenvalue weighted by atomic mass is 10.1. The minimum absolute atomic E-state index is 0.150. The fourth-order valence-corrected chi connectivity index (χ4v) is 2.78. The third-order valence-electron chi connectivity index (χ3n) is 3.90. The quantitative estimate of drug-likeness (QED) is 0.741. The SMILES string of the molecule is COc1cc(Cn2c(CN(C)C)nc3ncccc32)ccc1C(=O)O. The molecular weight excluding hydrogens is 320 g/mol. The van der Waals surface area contributed by atoms with Crippen LogP contribution in [0, 0.1) is 0 Å². The molecule has 7 heteroatoms. The Morgan fingerprint density at radius 1 is 1.32 bits per heavy atom. The summed E-state index contributed by atoms with van der Waals surface area (Å²) in [5.74, 6) is 0.246. The number of benzene rings is 1. The molecular formula is C18H20N4O3. The van der Waals surface area contributed by atoms with E-state index in [0.717, 1.165) is 16.9 Å². The van der Waals surface area contributed by atoms with E-state index in [1.165, 1.54) is 7.11 Å². The van der Waals surface area contributed by atoms with Gasteiger partial charge in [-0.25, -0.2) is 14.8 Å². The second kappa shape index (κ2) is 6.90. The Labute approximate surface area is 145 Å². The number of fused-ring (bicyclic) bond motifs is 1. The van der Waals surface area contributed by atoms with E-state index >= 15 is 0 Å². The molecule has 7 nitrogen and oxygen atoms in total. The Morgan fingerprint density at radius 2 is 2.12 bits per heavy atom. The fraction of sp³-hybridized carbons (Fsp3) is 0.278. The summed E-state index contributed by atoms with van der Waals surface area (Å²) >= 11 is 0. The van der Waals surface area contributed by atoms with Gasteiger partial charge in [-0.05, 0) is 43.9 Å². The summed E-state index contributed by atoms with van der Waals surface area (Å²) in [6, 6.07) is 8.99. The number of rotatable bonds is 6. The van der Waals surface area contributed by atoms with E-state index in [1.54, 1.807) is 24.4 Å². The molecule has 0 aliphatic carbocycles. The molecule has 0 atom stereocenters. The number of pyridine rings is 1. The molecule has 0 aliphatic rings. The first-order valence-electron chi connectivity index (χ1n) is 7.84. The summed E-state index contributed by atoms with van der Waals surface area (Å²) in [5.41, 5.74) is 2.73. The van der Waals surface area contributed by atoms with E-state index in [9.17, 15) is 9.90 Å². The first-order valence-corrected chi connectivity index (χ1v) is 7.84. The number of imidazole rings is 1. The van der Waals surface area contributed by atoms with E-state index in [0.29, 0.717) is 24.5 Å². The van der Waals surface area contributed by atoms with Crippen LogP contribution in [0.4, 0.5) is 0 Å². The first kappa shape index (κ1) is 16.9. The lowest BCUT2D eigenvalue weighted by Gasteiger charge is -2.14. The maximum Gasteiger partial charge on any atom is 0.339 e. The molecule has 2 heterocycles. The Hall–Kier alpha value is -2.93. The number of hydrogen-bond donors (Lipinski definition) is 1. The summed E-state index contributed by atoms with van der Waals surface area (Å²) in [6.07, 6.45) is 1.73. The maximum absolute atomic E-state index is 11.3. The van der Waals surface area contributed by atoms with Gasteiger partial charge in [0.15, 0.2) is 5.65 Å². The predicted molar refractivity (Wildman–Crippen MR) is 94.0 cm³/mol. The van der Waals surface area contributed by atoms with E-state index in [2.05, 4.69) is 14.5 Å². The minimum atomic E-state index is -1.01. The smallest absolute Gasteiger partial charge is 0.339 e. The molecule has 2 aromatic heterocycles. The van der Waals surface area contributed by atoms with Crippen LogP contribution in [0.25, 0.3) is 11.2 Å². The highest BCUT2D eigenvalue weighted by Crippen LogP contribution is 2.23. The van der Waals surface area contributed by atoms with Crippen molar-refractivity contribution in [3.8, 4) is 5.75 Å². The van der Waals surface area contributed by atoms with Gasteiger partial charge in [0, 0.05) is 12.7 Å². The van der Waals surface area contributed by atoms with Gasteiger partial charge in [0.2, 0.25) is 0 Å². The molecule has 130 valence electrons. The fourth-order valence-electron chi connectivity index (χ4n) is 2.78. The number of hydrogen-bond acceptors (Lipinski definition) is 5. The topological polar surface area (TPSA) is 80.5 Å². The predicted octanol–water partition coefficient (Wildman–Crippen LogP) is 2.25. The van der Waals surface area contributed by atoms with Crippen LogP contribution in [0.3, 0.4) is 0 Å². The van der Waals surface area contributed by atoms with Crippen molar-refractivity contribution >= 4 is 17.1 Å². The Morgan fingerprint density at radius 3 is 2.80 bits per heavy atom. The van der Waals surface area contributed by atoms with Gasteiger partial charge in [-0.1, -0.05) is 6.07 Å². The first-order chi connectivity index (χ1) is 12.0. The van der Waals surface area contributed by atoms with Crippen LogP contribution < -0.4 is 4.74 Å². The summed E-state index contributed by atoms with van der Waals surface area (Å²) in [4.78, 5) is 22.2. The van der Waals surface area contributed by atoms with Crippen molar-refractivity contribution in [1.29, 1.82) is 0 Å². The molecule has 0 bridgehead atoms. The van der Waals surface area contributed by atoms with Gasteiger partial charge in [-0.15, -0.1) is 0 Å². The zero-order valence-corrected chi connectivity index (χ0v) is 14.4. The zero-order valence-electron chi connectivity index (χ0n) is 14.4. The molecule has 25 heavy (non-hydrogen) atoms. The minimum Gasteiger partial charge on any atom is -0.496 e. The summed E-state index contributed by atoms with van der Waals surface area (Å²) in [7, 11) is 5.45. The number of carboxylic acid groups (broad SMARTS) is 1. The maximum atomic E-state index is 11.3. The van der Waals surface area contributed by atoms with Crippen LogP contribution in [0.5, 0.6) is 5.75 Å². The highest BCUT2D eigenvalue weighted by atomic mass is 16.5. The van der Waals surface area contributed by atoms with Crippen LogP contribution >= 0.6 is 0 Å². The molecule has 3 aromatic rings. The van der Waals surface area contributed by atoms with Crippen molar-refractivity contribution in [2.75, 3.05) is 21.2 Å². The highest BCUT2D eigenvalue weighted by molar-refractivity contribution is 5.91. The van der Waals surface area contributed by atoms with Crippen LogP contribution in [0.15, 0.2) is 36.5 Å². The van der Waals surface area contributed by atoms with Gasteiger partial charge in [0.1, 0.15) is 17.1 Å². The van der Waals surface area contributed by atoms with E-state index in [1.807, 2.05) is 31.1 Å². The number of carboxylic acids is 1. The van der Waals surface area contributed by atoms with Crippen molar-refractivity contribution in [2.45, 2.75) is 13.1 Å². The summed E-state index contributed by atoms with van der Waals surface area (Å²) in [5, 5.41) is 9.22. The number of carbonyl (C=O) groups is 1. The third kappa shape index (κ3) is 3.46. The molecule has 0 radical (unpaired) electrons. The standard InChI is InChI=1S/C18H20N4O3/c1-21(2)11-16-20-17-14(5-4-8-19-17)22(16)10-12-6-7-13(18(23)24)15(9-12)25-3/h4-9H,10-11H2,1-3H3,(H,23,24). The molecule has 3 rings (SSSR count). The van der Waals surface area contributed by atoms with Gasteiger partial charge in [-0.3, -0.25) is 0 Å². The van der Waals surface area contributed by atoms with Crippen molar-refractivity contribution in [3.63, 3.8) is 0 Å². The molecule has 0 unspecified atom stereocenters. The van der Waals surface area contributed by atoms with Gasteiger partial charge in [0.25, 0.3) is 0 Å². The Bertz CT molecular complexity index is 918. The van der Waals surface area contributed by atoms with Crippen molar-refractivity contribution in [2.24, 2.45) is 0 Å². The van der Waals surface area contributed by atoms with Crippen LogP contribution in [0.2, 0.25) is 0 Å². The molecule has 0 saturated heterocycles. The van der Waals surface area contributed by atoms with Crippen molar-refractivity contribution < 1.29 is 14.6 Å². The summed E-state index contributed by atoms with van der Waals surface area (Å²) in [6.45, 7) is 1.24. The Balaban J connectivity index is 2.03. The largest absolute Gasteiger partial charge is 0.496 e. The molecule has 0 fully saturated rings. The number of methoxy groups -OCH3 is 1. The summed E-state index contributed by atoms with van der Waals surface area (Å²) < 4.78 is 7.32. The second-order valence-corrected chi connectivity index (χ2v) is 6.04. The van der Waals surface area contributed by atoms with Crippen LogP contribution in [0.1, 0.15) is 21.7 Å². The molecule has 0 spiro atoms. The van der Waals surface area contributed by atoms with E-state index in [4.69, 9.17) is 4.74 Å². The third-order valence-corrected chi connectivity index (χ3v) is 3.90. The van der Waals surface area contributed by atoms with Gasteiger partial charge in [-0.2, -0.15) is 0 Å². The molecule has 0 aliphatic heterocycles. The van der Waals surface area contributed by atoms with Gasteiger partial charge >= 0.3 is 5.97 Å². The number of aromatic nitrogens is 3. The number of ether oxygens (including phenoxy) is 1. The van der Waals surface area contributed by atoms with E-state index in [-0.39, 0.29) is 5.56 Å². The lowest BCUT2D eigenvalue weighted by molar-refractivity contribution is 0.0693. The highest BCUT2D eigenvalue weighted by Gasteiger charge is 2.15. The average Bonchev–Trinajstić information content (AvgIpc) is 2.91. The van der Waals surface area contributed by atoms with Crippen molar-refractivity contribution in [1.82, 2.24) is 19.4 Å². The van der Waals surface area contributed by atoms with Gasteiger partial charge < -0.3 is 19.3 Å². The lowest BCUT2D eigenvalue weighted by Crippen LogP contribution is -2.16.